The molecule has 3 rings (SSSR count). The summed E-state index contributed by atoms with van der Waals surface area (Å²) in [6.45, 7) is 3.00. The fraction of sp³-hybridized carbons (Fsp3) is 0.294. The van der Waals surface area contributed by atoms with Crippen molar-refractivity contribution in [3.63, 3.8) is 0 Å². The normalized spacial score (nSPS) is 10.9. The van der Waals surface area contributed by atoms with Gasteiger partial charge >= 0.3 is 0 Å². The summed E-state index contributed by atoms with van der Waals surface area (Å²) in [6.07, 6.45) is 2.49. The average Bonchev–Trinajstić information content (AvgIpc) is 2.93. The molecule has 0 N–H and O–H groups in total. The predicted octanol–water partition coefficient (Wildman–Crippen LogP) is 3.26. The number of nitriles is 1. The summed E-state index contributed by atoms with van der Waals surface area (Å²) in [7, 11) is 0. The number of fused-ring (bicyclic) bond motifs is 1. The van der Waals surface area contributed by atoms with Crippen molar-refractivity contribution in [1.82, 2.24) is 19.3 Å². The molecule has 0 saturated heterocycles. The van der Waals surface area contributed by atoms with Gasteiger partial charge in [0.15, 0.2) is 5.16 Å². The van der Waals surface area contributed by atoms with E-state index in [1.165, 1.54) is 11.8 Å². The molecule has 0 radical (unpaired) electrons. The van der Waals surface area contributed by atoms with Gasteiger partial charge in [-0.15, -0.1) is 0 Å². The Hall–Kier alpha value is -2.30. The second kappa shape index (κ2) is 7.72. The van der Waals surface area contributed by atoms with Crippen molar-refractivity contribution < 1.29 is 0 Å². The van der Waals surface area contributed by atoms with E-state index in [0.717, 1.165) is 5.69 Å². The van der Waals surface area contributed by atoms with Gasteiger partial charge in [0.25, 0.3) is 5.56 Å². The van der Waals surface area contributed by atoms with Crippen molar-refractivity contribution >= 4 is 34.3 Å². The van der Waals surface area contributed by atoms with Gasteiger partial charge in [0.1, 0.15) is 0 Å². The first-order valence-corrected chi connectivity index (χ1v) is 9.15. The molecule has 0 aliphatic heterocycles. The van der Waals surface area contributed by atoms with Crippen LogP contribution in [0, 0.1) is 18.3 Å². The van der Waals surface area contributed by atoms with Crippen LogP contribution in [-0.4, -0.2) is 25.1 Å². The molecule has 0 atom stereocenters. The molecule has 0 amide bonds. The maximum atomic E-state index is 12.8. The van der Waals surface area contributed by atoms with Crippen LogP contribution in [0.4, 0.5) is 0 Å². The highest BCUT2D eigenvalue weighted by atomic mass is 35.5. The third-order valence-corrected chi connectivity index (χ3v) is 4.96. The minimum absolute atomic E-state index is 0.0827. The highest BCUT2D eigenvalue weighted by molar-refractivity contribution is 7.99. The lowest BCUT2D eigenvalue weighted by atomic mass is 10.2. The topological polar surface area (TPSA) is 76.5 Å². The lowest BCUT2D eigenvalue weighted by Crippen LogP contribution is -2.24. The number of halogens is 1. The molecule has 2 aromatic heterocycles. The molecule has 8 heteroatoms. The SMILES string of the molecule is Cc1nn(CCCn2c(SCC#N)nc3ccccc3c2=O)cc1Cl. The predicted molar refractivity (Wildman–Crippen MR) is 98.9 cm³/mol. The summed E-state index contributed by atoms with van der Waals surface area (Å²) in [6, 6.07) is 9.34. The van der Waals surface area contributed by atoms with Crippen molar-refractivity contribution in [2.24, 2.45) is 0 Å². The maximum absolute atomic E-state index is 12.8. The van der Waals surface area contributed by atoms with E-state index in [1.54, 1.807) is 21.5 Å². The van der Waals surface area contributed by atoms with E-state index in [9.17, 15) is 4.79 Å². The fourth-order valence-electron chi connectivity index (χ4n) is 2.55. The first-order valence-electron chi connectivity index (χ1n) is 7.79. The molecule has 0 aliphatic rings. The van der Waals surface area contributed by atoms with E-state index in [2.05, 4.69) is 16.2 Å². The molecule has 6 nitrogen and oxygen atoms in total. The van der Waals surface area contributed by atoms with Crippen LogP contribution in [0.5, 0.6) is 0 Å². The molecule has 0 bridgehead atoms. The number of rotatable bonds is 6. The Kier molecular flexibility index (Phi) is 5.41. The van der Waals surface area contributed by atoms with Gasteiger partial charge in [-0.25, -0.2) is 4.98 Å². The number of aryl methyl sites for hydroxylation is 2. The van der Waals surface area contributed by atoms with Crippen LogP contribution in [0.3, 0.4) is 0 Å². The van der Waals surface area contributed by atoms with Crippen LogP contribution >= 0.6 is 23.4 Å². The molecule has 0 spiro atoms. The van der Waals surface area contributed by atoms with Gasteiger partial charge in [-0.2, -0.15) is 10.4 Å². The highest BCUT2D eigenvalue weighted by Gasteiger charge is 2.11. The molecule has 0 saturated carbocycles. The van der Waals surface area contributed by atoms with E-state index in [0.29, 0.717) is 40.6 Å². The molecule has 0 aliphatic carbocycles. The van der Waals surface area contributed by atoms with Crippen LogP contribution < -0.4 is 5.56 Å². The average molecular weight is 374 g/mol. The summed E-state index contributed by atoms with van der Waals surface area (Å²) in [5.41, 5.74) is 1.36. The largest absolute Gasteiger partial charge is 0.287 e. The maximum Gasteiger partial charge on any atom is 0.262 e. The number of benzene rings is 1. The number of hydrogen-bond acceptors (Lipinski definition) is 5. The van der Waals surface area contributed by atoms with E-state index in [1.807, 2.05) is 25.1 Å². The van der Waals surface area contributed by atoms with Gasteiger partial charge in [-0.3, -0.25) is 14.0 Å². The standard InChI is InChI=1S/C17H16ClN5OS/c1-12-14(18)11-22(21-12)8-4-9-23-16(24)13-5-2-3-6-15(13)20-17(23)25-10-7-19/h2-3,5-6,11H,4,8-10H2,1H3. The van der Waals surface area contributed by atoms with Crippen LogP contribution in [0.1, 0.15) is 12.1 Å². The van der Waals surface area contributed by atoms with Crippen molar-refractivity contribution in [2.75, 3.05) is 5.75 Å². The van der Waals surface area contributed by atoms with Crippen LogP contribution in [0.2, 0.25) is 5.02 Å². The third-order valence-electron chi connectivity index (χ3n) is 3.75. The van der Waals surface area contributed by atoms with Gasteiger partial charge in [-0.05, 0) is 25.5 Å². The van der Waals surface area contributed by atoms with E-state index < -0.39 is 0 Å². The van der Waals surface area contributed by atoms with Crippen molar-refractivity contribution in [3.8, 4) is 6.07 Å². The van der Waals surface area contributed by atoms with Crippen molar-refractivity contribution in [2.45, 2.75) is 31.6 Å². The Bertz CT molecular complexity index is 985. The van der Waals surface area contributed by atoms with Crippen molar-refractivity contribution in [3.05, 3.63) is 51.5 Å². The highest BCUT2D eigenvalue weighted by Crippen LogP contribution is 2.18. The zero-order valence-electron chi connectivity index (χ0n) is 13.6. The van der Waals surface area contributed by atoms with Crippen molar-refractivity contribution in [1.29, 1.82) is 5.26 Å². The van der Waals surface area contributed by atoms with Gasteiger partial charge in [0.2, 0.25) is 0 Å². The van der Waals surface area contributed by atoms with Crippen LogP contribution in [-0.2, 0) is 13.1 Å². The summed E-state index contributed by atoms with van der Waals surface area (Å²) in [5.74, 6) is 0.249. The summed E-state index contributed by atoms with van der Waals surface area (Å²) < 4.78 is 3.42. The second-order valence-electron chi connectivity index (χ2n) is 5.49. The summed E-state index contributed by atoms with van der Waals surface area (Å²) in [5, 5.41) is 15.0. The van der Waals surface area contributed by atoms with Gasteiger partial charge in [-0.1, -0.05) is 35.5 Å². The lowest BCUT2D eigenvalue weighted by molar-refractivity contribution is 0.493. The Balaban J connectivity index is 1.86. The molecular formula is C17H16ClN5OS. The first-order chi connectivity index (χ1) is 12.1. The number of para-hydroxylation sites is 1. The molecule has 25 heavy (non-hydrogen) atoms. The minimum Gasteiger partial charge on any atom is -0.287 e. The number of nitrogens with zero attached hydrogens (tertiary/aromatic N) is 5. The number of thioether (sulfide) groups is 1. The Morgan fingerprint density at radius 3 is 2.84 bits per heavy atom. The van der Waals surface area contributed by atoms with Crippen LogP contribution in [0.15, 0.2) is 40.4 Å². The first kappa shape index (κ1) is 17.5. The molecule has 0 unspecified atom stereocenters. The monoisotopic (exact) mass is 373 g/mol. The summed E-state index contributed by atoms with van der Waals surface area (Å²) >= 11 is 7.29. The number of aromatic nitrogens is 4. The smallest absolute Gasteiger partial charge is 0.262 e. The van der Waals surface area contributed by atoms with E-state index in [-0.39, 0.29) is 11.3 Å². The van der Waals surface area contributed by atoms with E-state index in [4.69, 9.17) is 16.9 Å². The minimum atomic E-state index is -0.0827. The van der Waals surface area contributed by atoms with E-state index >= 15 is 0 Å². The van der Waals surface area contributed by atoms with Crippen LogP contribution in [0.25, 0.3) is 10.9 Å². The molecule has 2 heterocycles. The van der Waals surface area contributed by atoms with Gasteiger partial charge in [0, 0.05) is 19.3 Å². The van der Waals surface area contributed by atoms with Gasteiger partial charge < -0.3 is 0 Å². The third kappa shape index (κ3) is 3.86. The zero-order chi connectivity index (χ0) is 17.8. The molecule has 128 valence electrons. The molecule has 0 fully saturated rings. The zero-order valence-corrected chi connectivity index (χ0v) is 15.2. The Morgan fingerprint density at radius 2 is 2.12 bits per heavy atom. The summed E-state index contributed by atoms with van der Waals surface area (Å²) in [4.78, 5) is 17.3. The second-order valence-corrected chi connectivity index (χ2v) is 6.84. The molecule has 3 aromatic rings. The molecule has 1 aromatic carbocycles. The lowest BCUT2D eigenvalue weighted by Gasteiger charge is -2.12. The van der Waals surface area contributed by atoms with Gasteiger partial charge in [0.05, 0.1) is 33.4 Å². The Morgan fingerprint density at radius 1 is 1.32 bits per heavy atom. The molecular weight excluding hydrogens is 358 g/mol. The quantitative estimate of drug-likeness (QED) is 0.489. The Labute approximate surface area is 154 Å². The fourth-order valence-corrected chi connectivity index (χ4v) is 3.39. The number of hydrogen-bond donors (Lipinski definition) is 0.